The first kappa shape index (κ1) is 11.6. The van der Waals surface area contributed by atoms with Crippen LogP contribution in [-0.4, -0.2) is 53.2 Å². The van der Waals surface area contributed by atoms with Gasteiger partial charge in [-0.25, -0.2) is 4.68 Å². The molecular formula is C11H17N5O2. The van der Waals surface area contributed by atoms with Gasteiger partial charge in [0.25, 0.3) is 5.91 Å². The van der Waals surface area contributed by atoms with Crippen LogP contribution in [0.25, 0.3) is 0 Å². The van der Waals surface area contributed by atoms with Crippen molar-refractivity contribution in [1.82, 2.24) is 25.6 Å². The fraction of sp³-hybridized carbons (Fsp3) is 0.727. The summed E-state index contributed by atoms with van der Waals surface area (Å²) in [6.07, 6.45) is 3.46. The molecule has 2 aliphatic rings. The second kappa shape index (κ2) is 5.03. The minimum absolute atomic E-state index is 0.138. The quantitative estimate of drug-likeness (QED) is 0.744. The summed E-state index contributed by atoms with van der Waals surface area (Å²) in [5.74, 6) is -0.138. The second-order valence-corrected chi connectivity index (χ2v) is 4.76. The summed E-state index contributed by atoms with van der Waals surface area (Å²) in [6, 6.07) is 0.531. The molecule has 0 unspecified atom stereocenters. The largest absolute Gasteiger partial charge is 0.381 e. The molecule has 18 heavy (non-hydrogen) atoms. The highest BCUT2D eigenvalue weighted by molar-refractivity contribution is 5.92. The summed E-state index contributed by atoms with van der Waals surface area (Å²) in [7, 11) is 0. The molecule has 0 atom stereocenters. The maximum Gasteiger partial charge on any atom is 0.273 e. The zero-order chi connectivity index (χ0) is 12.4. The lowest BCUT2D eigenvalue weighted by atomic mass is 10.1. The summed E-state index contributed by atoms with van der Waals surface area (Å²) >= 11 is 0. The fourth-order valence-electron chi connectivity index (χ4n) is 2.12. The number of nitrogens with zero attached hydrogens (tertiary/aromatic N) is 3. The van der Waals surface area contributed by atoms with E-state index in [1.165, 1.54) is 0 Å². The first-order valence-corrected chi connectivity index (χ1v) is 6.34. The third kappa shape index (κ3) is 2.37. The first-order chi connectivity index (χ1) is 8.83. The summed E-state index contributed by atoms with van der Waals surface area (Å²) in [5, 5.41) is 14.1. The predicted octanol–water partition coefficient (Wildman–Crippen LogP) is -0.669. The molecule has 2 aliphatic heterocycles. The highest BCUT2D eigenvalue weighted by Crippen LogP contribution is 2.11. The number of hydrogen-bond donors (Lipinski definition) is 2. The van der Waals surface area contributed by atoms with Crippen LogP contribution in [0.5, 0.6) is 0 Å². The van der Waals surface area contributed by atoms with E-state index in [0.717, 1.165) is 25.9 Å². The van der Waals surface area contributed by atoms with Crippen molar-refractivity contribution in [2.24, 2.45) is 0 Å². The number of amides is 1. The average Bonchev–Trinajstić information content (AvgIpc) is 2.77. The normalized spacial score (nSPS) is 21.6. The molecule has 98 valence electrons. The Balaban J connectivity index is 1.59. The molecule has 3 rings (SSSR count). The second-order valence-electron chi connectivity index (χ2n) is 4.76. The molecule has 2 N–H and O–H groups in total. The zero-order valence-corrected chi connectivity index (χ0v) is 10.1. The Morgan fingerprint density at radius 3 is 2.89 bits per heavy atom. The van der Waals surface area contributed by atoms with Crippen molar-refractivity contribution >= 4 is 5.91 Å². The van der Waals surface area contributed by atoms with Crippen LogP contribution >= 0.6 is 0 Å². The summed E-state index contributed by atoms with van der Waals surface area (Å²) in [4.78, 5) is 12.0. The van der Waals surface area contributed by atoms with Gasteiger partial charge in [-0.3, -0.25) is 4.79 Å². The van der Waals surface area contributed by atoms with Gasteiger partial charge in [0.2, 0.25) is 0 Å². The fourth-order valence-corrected chi connectivity index (χ4v) is 2.12. The van der Waals surface area contributed by atoms with Gasteiger partial charge < -0.3 is 15.4 Å². The van der Waals surface area contributed by atoms with E-state index in [9.17, 15) is 4.79 Å². The van der Waals surface area contributed by atoms with E-state index in [4.69, 9.17) is 4.74 Å². The minimum Gasteiger partial charge on any atom is -0.381 e. The van der Waals surface area contributed by atoms with E-state index in [1.807, 2.05) is 0 Å². The van der Waals surface area contributed by atoms with E-state index in [-0.39, 0.29) is 11.9 Å². The first-order valence-electron chi connectivity index (χ1n) is 6.34. The molecule has 1 amide bonds. The lowest BCUT2D eigenvalue weighted by molar-refractivity contribution is 0.0694. The molecule has 0 saturated carbocycles. The van der Waals surface area contributed by atoms with Crippen LogP contribution in [0.2, 0.25) is 0 Å². The molecule has 3 heterocycles. The number of ether oxygens (including phenoxy) is 1. The topological polar surface area (TPSA) is 81.1 Å². The van der Waals surface area contributed by atoms with Crippen molar-refractivity contribution in [3.05, 3.63) is 11.9 Å². The smallest absolute Gasteiger partial charge is 0.273 e. The van der Waals surface area contributed by atoms with Crippen LogP contribution in [0.4, 0.5) is 0 Å². The standard InChI is InChI=1S/C11H17N5O2/c17-11(13-8-1-3-18-4-2-8)10-7-16(15-14-10)9-5-12-6-9/h7-9,12H,1-6H2,(H,13,17). The van der Waals surface area contributed by atoms with Crippen molar-refractivity contribution in [2.45, 2.75) is 24.9 Å². The van der Waals surface area contributed by atoms with Crippen LogP contribution in [-0.2, 0) is 4.74 Å². The Hall–Kier alpha value is -1.47. The predicted molar refractivity (Wildman–Crippen MR) is 63.2 cm³/mol. The molecule has 0 aliphatic carbocycles. The molecule has 0 radical (unpaired) electrons. The number of carbonyl (C=O) groups is 1. The molecular weight excluding hydrogens is 234 g/mol. The van der Waals surface area contributed by atoms with Crippen molar-refractivity contribution in [1.29, 1.82) is 0 Å². The van der Waals surface area contributed by atoms with E-state index in [2.05, 4.69) is 20.9 Å². The number of aromatic nitrogens is 3. The van der Waals surface area contributed by atoms with Crippen molar-refractivity contribution in [2.75, 3.05) is 26.3 Å². The SMILES string of the molecule is O=C(NC1CCOCC1)c1cn(C2CNC2)nn1. The molecule has 7 nitrogen and oxygen atoms in total. The van der Waals surface area contributed by atoms with Gasteiger partial charge in [-0.1, -0.05) is 5.21 Å². The van der Waals surface area contributed by atoms with E-state index in [1.54, 1.807) is 10.9 Å². The molecule has 2 fully saturated rings. The number of nitrogens with one attached hydrogen (secondary N) is 2. The van der Waals surface area contributed by atoms with Crippen molar-refractivity contribution in [3.63, 3.8) is 0 Å². The van der Waals surface area contributed by atoms with Gasteiger partial charge in [-0.2, -0.15) is 0 Å². The van der Waals surface area contributed by atoms with Gasteiger partial charge in [-0.05, 0) is 12.8 Å². The Kier molecular flexibility index (Phi) is 3.24. The van der Waals surface area contributed by atoms with Gasteiger partial charge in [-0.15, -0.1) is 5.10 Å². The van der Waals surface area contributed by atoms with Crippen LogP contribution in [0.15, 0.2) is 6.20 Å². The molecule has 1 aromatic heterocycles. The lowest BCUT2D eigenvalue weighted by Crippen LogP contribution is -2.43. The average molecular weight is 251 g/mol. The molecule has 0 aromatic carbocycles. The van der Waals surface area contributed by atoms with Gasteiger partial charge >= 0.3 is 0 Å². The van der Waals surface area contributed by atoms with Crippen molar-refractivity contribution in [3.8, 4) is 0 Å². The summed E-state index contributed by atoms with van der Waals surface area (Å²) in [5.41, 5.74) is 0.397. The molecule has 0 spiro atoms. The van der Waals surface area contributed by atoms with Crippen LogP contribution in [0, 0.1) is 0 Å². The Labute approximate surface area is 105 Å². The van der Waals surface area contributed by atoms with Crippen LogP contribution in [0.3, 0.4) is 0 Å². The molecule has 7 heteroatoms. The van der Waals surface area contributed by atoms with Gasteiger partial charge in [0.1, 0.15) is 0 Å². The minimum atomic E-state index is -0.138. The third-order valence-electron chi connectivity index (χ3n) is 3.43. The van der Waals surface area contributed by atoms with E-state index < -0.39 is 0 Å². The maximum absolute atomic E-state index is 12.0. The highest BCUT2D eigenvalue weighted by Gasteiger charge is 2.23. The Morgan fingerprint density at radius 2 is 2.22 bits per heavy atom. The summed E-state index contributed by atoms with van der Waals surface area (Å²) in [6.45, 7) is 3.21. The van der Waals surface area contributed by atoms with Crippen LogP contribution in [0.1, 0.15) is 29.4 Å². The Bertz CT molecular complexity index is 423. The summed E-state index contributed by atoms with van der Waals surface area (Å²) < 4.78 is 7.01. The number of rotatable bonds is 3. The third-order valence-corrected chi connectivity index (χ3v) is 3.43. The molecule has 1 aromatic rings. The van der Waals surface area contributed by atoms with Crippen molar-refractivity contribution < 1.29 is 9.53 Å². The zero-order valence-electron chi connectivity index (χ0n) is 10.1. The molecule has 0 bridgehead atoms. The van der Waals surface area contributed by atoms with E-state index >= 15 is 0 Å². The Morgan fingerprint density at radius 1 is 1.44 bits per heavy atom. The van der Waals surface area contributed by atoms with Gasteiger partial charge in [0.15, 0.2) is 5.69 Å². The number of carbonyl (C=O) groups excluding carboxylic acids is 1. The maximum atomic E-state index is 12.0. The van der Waals surface area contributed by atoms with Gasteiger partial charge in [0, 0.05) is 32.3 Å². The molecule has 2 saturated heterocycles. The number of hydrogen-bond acceptors (Lipinski definition) is 5. The monoisotopic (exact) mass is 251 g/mol. The van der Waals surface area contributed by atoms with Crippen LogP contribution < -0.4 is 10.6 Å². The van der Waals surface area contributed by atoms with Gasteiger partial charge in [0.05, 0.1) is 12.2 Å². The van der Waals surface area contributed by atoms with E-state index in [0.29, 0.717) is 24.9 Å². The lowest BCUT2D eigenvalue weighted by Gasteiger charge is -2.26. The highest BCUT2D eigenvalue weighted by atomic mass is 16.5.